The molecule has 2 heterocycles. The third-order valence-electron chi connectivity index (χ3n) is 4.83. The molecule has 5 nitrogen and oxygen atoms in total. The van der Waals surface area contributed by atoms with E-state index in [4.69, 9.17) is 4.74 Å². The first-order chi connectivity index (χ1) is 13.7. The van der Waals surface area contributed by atoms with Crippen molar-refractivity contribution in [3.05, 3.63) is 78.0 Å². The summed E-state index contributed by atoms with van der Waals surface area (Å²) in [6.45, 7) is 2.93. The molecule has 142 valence electrons. The van der Waals surface area contributed by atoms with Crippen molar-refractivity contribution in [1.82, 2.24) is 4.98 Å². The van der Waals surface area contributed by atoms with E-state index in [0.29, 0.717) is 11.6 Å². The highest BCUT2D eigenvalue weighted by atomic mass is 16.5. The Morgan fingerprint density at radius 1 is 1.11 bits per heavy atom. The first-order valence-electron chi connectivity index (χ1n) is 9.50. The maximum atomic E-state index is 12.1. The second kappa shape index (κ2) is 8.13. The molecule has 0 saturated heterocycles. The largest absolute Gasteiger partial charge is 0.484 e. The first kappa shape index (κ1) is 18.0. The van der Waals surface area contributed by atoms with E-state index in [2.05, 4.69) is 39.5 Å². The van der Waals surface area contributed by atoms with Gasteiger partial charge in [-0.3, -0.25) is 4.79 Å². The predicted molar refractivity (Wildman–Crippen MR) is 111 cm³/mol. The molecule has 3 aromatic rings. The predicted octanol–water partition coefficient (Wildman–Crippen LogP) is 4.49. The molecule has 1 aliphatic heterocycles. The van der Waals surface area contributed by atoms with E-state index in [1.807, 2.05) is 43.3 Å². The standard InChI is InChI=1S/C23H23N3O2/c1-17-8-11-20(12-9-17)28-16-23(27)25-22-13-10-19(15-24-22)26-14-4-6-18-5-2-3-7-21(18)26/h2-3,5,7-13,15H,4,6,14,16H2,1H3,(H,24,25,27). The van der Waals surface area contributed by atoms with Gasteiger partial charge >= 0.3 is 0 Å². The molecule has 2 aromatic carbocycles. The number of hydrogen-bond acceptors (Lipinski definition) is 4. The molecule has 0 radical (unpaired) electrons. The Balaban J connectivity index is 1.37. The lowest BCUT2D eigenvalue weighted by Crippen LogP contribution is -2.24. The molecule has 0 unspecified atom stereocenters. The summed E-state index contributed by atoms with van der Waals surface area (Å²) in [5, 5.41) is 2.78. The zero-order chi connectivity index (χ0) is 19.3. The molecule has 1 N–H and O–H groups in total. The minimum absolute atomic E-state index is 0.0496. The summed E-state index contributed by atoms with van der Waals surface area (Å²) in [6, 6.07) is 19.9. The van der Waals surface area contributed by atoms with Gasteiger partial charge in [0.2, 0.25) is 0 Å². The molecule has 0 atom stereocenters. The second-order valence-electron chi connectivity index (χ2n) is 6.94. The van der Waals surface area contributed by atoms with E-state index in [0.717, 1.165) is 30.6 Å². The topological polar surface area (TPSA) is 54.5 Å². The lowest BCUT2D eigenvalue weighted by molar-refractivity contribution is -0.118. The highest BCUT2D eigenvalue weighted by molar-refractivity contribution is 5.91. The Labute approximate surface area is 165 Å². The van der Waals surface area contributed by atoms with Crippen LogP contribution in [0, 0.1) is 6.92 Å². The van der Waals surface area contributed by atoms with Gasteiger partial charge in [0.25, 0.3) is 5.91 Å². The van der Waals surface area contributed by atoms with E-state index >= 15 is 0 Å². The molecule has 5 heteroatoms. The molecule has 0 spiro atoms. The second-order valence-corrected chi connectivity index (χ2v) is 6.94. The van der Waals surface area contributed by atoms with Gasteiger partial charge in [0, 0.05) is 12.2 Å². The van der Waals surface area contributed by atoms with Crippen LogP contribution in [-0.2, 0) is 11.2 Å². The third kappa shape index (κ3) is 4.14. The van der Waals surface area contributed by atoms with E-state index in [1.165, 1.54) is 11.3 Å². The van der Waals surface area contributed by atoms with Crippen LogP contribution in [0.25, 0.3) is 0 Å². The van der Waals surface area contributed by atoms with Crippen molar-refractivity contribution in [1.29, 1.82) is 0 Å². The summed E-state index contributed by atoms with van der Waals surface area (Å²) < 4.78 is 5.50. The molecule has 0 fully saturated rings. The number of anilines is 3. The molecule has 0 bridgehead atoms. The number of fused-ring (bicyclic) bond motifs is 1. The molecule has 0 aliphatic carbocycles. The number of benzene rings is 2. The van der Waals surface area contributed by atoms with Gasteiger partial charge in [0.05, 0.1) is 11.9 Å². The maximum Gasteiger partial charge on any atom is 0.263 e. The Hall–Kier alpha value is -3.34. The molecule has 1 aromatic heterocycles. The summed E-state index contributed by atoms with van der Waals surface area (Å²) in [7, 11) is 0. The van der Waals surface area contributed by atoms with Crippen LogP contribution in [0.3, 0.4) is 0 Å². The fourth-order valence-electron chi connectivity index (χ4n) is 3.38. The number of amides is 1. The van der Waals surface area contributed by atoms with Crippen LogP contribution in [0.15, 0.2) is 66.9 Å². The Morgan fingerprint density at radius 3 is 2.71 bits per heavy atom. The van der Waals surface area contributed by atoms with E-state index in [-0.39, 0.29) is 12.5 Å². The number of carbonyl (C=O) groups is 1. The van der Waals surface area contributed by atoms with Crippen molar-refractivity contribution in [2.45, 2.75) is 19.8 Å². The minimum atomic E-state index is -0.232. The molecular formula is C23H23N3O2. The van der Waals surface area contributed by atoms with Crippen LogP contribution in [0.2, 0.25) is 0 Å². The van der Waals surface area contributed by atoms with Gasteiger partial charge in [-0.1, -0.05) is 35.9 Å². The summed E-state index contributed by atoms with van der Waals surface area (Å²) in [4.78, 5) is 18.8. The van der Waals surface area contributed by atoms with Gasteiger partial charge in [0.15, 0.2) is 6.61 Å². The molecule has 28 heavy (non-hydrogen) atoms. The lowest BCUT2D eigenvalue weighted by atomic mass is 10.0. The SMILES string of the molecule is Cc1ccc(OCC(=O)Nc2ccc(N3CCCc4ccccc43)cn2)cc1. The summed E-state index contributed by atoms with van der Waals surface area (Å²) in [6.07, 6.45) is 4.03. The number of rotatable bonds is 5. The van der Waals surface area contributed by atoms with Crippen LogP contribution in [0.4, 0.5) is 17.2 Å². The number of para-hydroxylation sites is 1. The smallest absolute Gasteiger partial charge is 0.263 e. The van der Waals surface area contributed by atoms with Crippen molar-refractivity contribution in [3.8, 4) is 5.75 Å². The highest BCUT2D eigenvalue weighted by Gasteiger charge is 2.18. The van der Waals surface area contributed by atoms with Gasteiger partial charge in [-0.25, -0.2) is 4.98 Å². The lowest BCUT2D eigenvalue weighted by Gasteiger charge is -2.31. The third-order valence-corrected chi connectivity index (χ3v) is 4.83. The summed E-state index contributed by atoms with van der Waals surface area (Å²) >= 11 is 0. The first-order valence-corrected chi connectivity index (χ1v) is 9.50. The molecule has 1 amide bonds. The normalized spacial score (nSPS) is 13.0. The van der Waals surface area contributed by atoms with Crippen LogP contribution in [0.1, 0.15) is 17.5 Å². The van der Waals surface area contributed by atoms with Crippen LogP contribution < -0.4 is 15.0 Å². The average molecular weight is 373 g/mol. The number of carbonyl (C=O) groups excluding carboxylic acids is 1. The highest BCUT2D eigenvalue weighted by Crippen LogP contribution is 2.33. The van der Waals surface area contributed by atoms with E-state index in [9.17, 15) is 4.79 Å². The quantitative estimate of drug-likeness (QED) is 0.716. The van der Waals surface area contributed by atoms with Crippen LogP contribution >= 0.6 is 0 Å². The van der Waals surface area contributed by atoms with Crippen molar-refractivity contribution in [3.63, 3.8) is 0 Å². The zero-order valence-electron chi connectivity index (χ0n) is 15.9. The van der Waals surface area contributed by atoms with Gasteiger partial charge in [0.1, 0.15) is 11.6 Å². The van der Waals surface area contributed by atoms with Crippen LogP contribution in [-0.4, -0.2) is 24.0 Å². The van der Waals surface area contributed by atoms with E-state index in [1.54, 1.807) is 6.20 Å². The van der Waals surface area contributed by atoms with E-state index < -0.39 is 0 Å². The Bertz CT molecular complexity index is 952. The number of aromatic nitrogens is 1. The Kier molecular flexibility index (Phi) is 5.24. The van der Waals surface area contributed by atoms with Crippen molar-refractivity contribution in [2.24, 2.45) is 0 Å². The minimum Gasteiger partial charge on any atom is -0.484 e. The number of ether oxygens (including phenoxy) is 1. The fraction of sp³-hybridized carbons (Fsp3) is 0.217. The Morgan fingerprint density at radius 2 is 1.93 bits per heavy atom. The van der Waals surface area contributed by atoms with Crippen molar-refractivity contribution < 1.29 is 9.53 Å². The number of aryl methyl sites for hydroxylation is 2. The zero-order valence-corrected chi connectivity index (χ0v) is 15.9. The van der Waals surface area contributed by atoms with Gasteiger partial charge in [-0.15, -0.1) is 0 Å². The molecular weight excluding hydrogens is 350 g/mol. The van der Waals surface area contributed by atoms with Crippen LogP contribution in [0.5, 0.6) is 5.75 Å². The van der Waals surface area contributed by atoms with Gasteiger partial charge < -0.3 is 15.0 Å². The number of nitrogens with zero attached hydrogens (tertiary/aromatic N) is 2. The van der Waals surface area contributed by atoms with Crippen molar-refractivity contribution >= 4 is 23.1 Å². The molecule has 0 saturated carbocycles. The summed E-state index contributed by atoms with van der Waals surface area (Å²) in [5.74, 6) is 0.962. The van der Waals surface area contributed by atoms with Gasteiger partial charge in [-0.2, -0.15) is 0 Å². The fourth-order valence-corrected chi connectivity index (χ4v) is 3.38. The number of nitrogens with one attached hydrogen (secondary N) is 1. The average Bonchev–Trinajstić information content (AvgIpc) is 2.73. The molecule has 1 aliphatic rings. The summed E-state index contributed by atoms with van der Waals surface area (Å²) in [5.41, 5.74) is 4.77. The number of pyridine rings is 1. The number of hydrogen-bond donors (Lipinski definition) is 1. The monoisotopic (exact) mass is 373 g/mol. The molecule has 4 rings (SSSR count). The maximum absolute atomic E-state index is 12.1. The van der Waals surface area contributed by atoms with Crippen molar-refractivity contribution in [2.75, 3.05) is 23.4 Å². The van der Waals surface area contributed by atoms with Gasteiger partial charge in [-0.05, 0) is 55.7 Å².